The first-order valence-corrected chi connectivity index (χ1v) is 7.39. The molecule has 0 fully saturated rings. The Kier molecular flexibility index (Phi) is 6.74. The molecule has 1 atom stereocenters. The molecule has 1 unspecified atom stereocenters. The Hall–Kier alpha value is -1.87. The molecule has 0 aliphatic rings. The first-order valence-electron chi connectivity index (χ1n) is 6.03. The van der Waals surface area contributed by atoms with E-state index in [1.165, 1.54) is 0 Å². The molecule has 2 rings (SSSR count). The van der Waals surface area contributed by atoms with Crippen molar-refractivity contribution in [2.24, 2.45) is 5.73 Å². The fourth-order valence-electron chi connectivity index (χ4n) is 1.61. The largest absolute Gasteiger partial charge is 0.507 e. The van der Waals surface area contributed by atoms with Crippen LogP contribution < -0.4 is 11.0 Å². The van der Waals surface area contributed by atoms with Crippen molar-refractivity contribution in [2.45, 2.75) is 0 Å². The summed E-state index contributed by atoms with van der Waals surface area (Å²) >= 11 is 0. The number of benzene rings is 2. The third kappa shape index (κ3) is 4.35. The summed E-state index contributed by atoms with van der Waals surface area (Å²) in [5.74, 6) is 0.109. The molecule has 2 aromatic carbocycles. The molecule has 0 spiro atoms. The molecule has 4 N–H and O–H groups in total. The Morgan fingerprint density at radius 3 is 2.10 bits per heavy atom. The summed E-state index contributed by atoms with van der Waals surface area (Å²) in [7, 11) is -2.77. The van der Waals surface area contributed by atoms with Gasteiger partial charge >= 0.3 is 0 Å². The minimum absolute atomic E-state index is 0.109. The van der Waals surface area contributed by atoms with Gasteiger partial charge in [0.05, 0.1) is 0 Å². The van der Waals surface area contributed by atoms with Crippen LogP contribution in [0.5, 0.6) is 5.75 Å². The highest BCUT2D eigenvalue weighted by atomic mass is 31.1. The van der Waals surface area contributed by atoms with E-state index in [4.69, 9.17) is 5.73 Å². The van der Waals surface area contributed by atoms with E-state index in [0.29, 0.717) is 23.0 Å². The molecule has 0 amide bonds. The lowest BCUT2D eigenvalue weighted by molar-refractivity contribution is 0.477. The third-order valence-electron chi connectivity index (χ3n) is 2.52. The van der Waals surface area contributed by atoms with Gasteiger partial charge in [-0.3, -0.25) is 4.57 Å². The van der Waals surface area contributed by atoms with E-state index in [2.05, 4.69) is 6.58 Å². The maximum Gasteiger partial charge on any atom is 0.218 e. The Bertz CT molecular complexity index is 599. The SMILES string of the molecule is C=CCN.O=[PH](O)c1ccccc1-c1ccccc1O. The van der Waals surface area contributed by atoms with Crippen LogP contribution in [0.4, 0.5) is 0 Å². The molecule has 5 heteroatoms. The molecule has 20 heavy (non-hydrogen) atoms. The normalized spacial score (nSPS) is 11.1. The second kappa shape index (κ2) is 8.33. The van der Waals surface area contributed by atoms with Gasteiger partial charge in [0, 0.05) is 17.4 Å². The number of phenolic OH excluding ortho intramolecular Hbond substituents is 1. The number of nitrogens with two attached hydrogens (primary N) is 1. The van der Waals surface area contributed by atoms with Gasteiger partial charge in [0.25, 0.3) is 0 Å². The first-order chi connectivity index (χ1) is 9.61. The molecular formula is C15H18NO3P. The van der Waals surface area contributed by atoms with Crippen LogP contribution in [0.15, 0.2) is 61.2 Å². The van der Waals surface area contributed by atoms with Gasteiger partial charge in [-0.25, -0.2) is 0 Å². The predicted molar refractivity (Wildman–Crippen MR) is 83.6 cm³/mol. The molecule has 0 aromatic heterocycles. The molecule has 0 bridgehead atoms. The summed E-state index contributed by atoms with van der Waals surface area (Å²) in [6.07, 6.45) is 1.65. The number of hydrogen-bond acceptors (Lipinski definition) is 3. The number of rotatable bonds is 3. The van der Waals surface area contributed by atoms with Gasteiger partial charge in [0.1, 0.15) is 5.75 Å². The number of hydrogen-bond donors (Lipinski definition) is 3. The molecule has 0 saturated heterocycles. The molecule has 0 heterocycles. The molecule has 0 radical (unpaired) electrons. The number of para-hydroxylation sites is 1. The maximum atomic E-state index is 11.2. The average molecular weight is 291 g/mol. The monoisotopic (exact) mass is 291 g/mol. The quantitative estimate of drug-likeness (QED) is 0.598. The van der Waals surface area contributed by atoms with Crippen LogP contribution in [0.2, 0.25) is 0 Å². The molecular weight excluding hydrogens is 273 g/mol. The minimum Gasteiger partial charge on any atom is -0.507 e. The van der Waals surface area contributed by atoms with E-state index >= 15 is 0 Å². The lowest BCUT2D eigenvalue weighted by Crippen LogP contribution is -2.00. The summed E-state index contributed by atoms with van der Waals surface area (Å²) in [6, 6.07) is 13.6. The number of phenols is 1. The molecule has 0 aliphatic heterocycles. The standard InChI is InChI=1S/C12H11O3P.C3H7N/c13-11-7-3-1-5-9(11)10-6-2-4-8-12(10)16(14)15;1-2-3-4/h1-8,13,16H,(H,14,15);2H,1,3-4H2. The van der Waals surface area contributed by atoms with Crippen molar-refractivity contribution in [3.8, 4) is 16.9 Å². The zero-order valence-corrected chi connectivity index (χ0v) is 12.0. The van der Waals surface area contributed by atoms with Crippen molar-refractivity contribution < 1.29 is 14.6 Å². The van der Waals surface area contributed by atoms with Crippen LogP contribution in [0, 0.1) is 0 Å². The van der Waals surface area contributed by atoms with E-state index in [-0.39, 0.29) is 5.75 Å². The second-order valence-corrected chi connectivity index (χ2v) is 5.04. The van der Waals surface area contributed by atoms with E-state index in [0.717, 1.165) is 0 Å². The van der Waals surface area contributed by atoms with E-state index in [1.54, 1.807) is 54.6 Å². The smallest absolute Gasteiger partial charge is 0.218 e. The molecule has 2 aromatic rings. The van der Waals surface area contributed by atoms with Gasteiger partial charge < -0.3 is 15.7 Å². The predicted octanol–water partition coefficient (Wildman–Crippen LogP) is 2.28. The van der Waals surface area contributed by atoms with Crippen LogP contribution in [0.25, 0.3) is 11.1 Å². The molecule has 0 aliphatic carbocycles. The Balaban J connectivity index is 0.000000444. The molecule has 106 valence electrons. The highest BCUT2D eigenvalue weighted by Crippen LogP contribution is 2.31. The van der Waals surface area contributed by atoms with Gasteiger partial charge in [-0.1, -0.05) is 42.5 Å². The van der Waals surface area contributed by atoms with Gasteiger partial charge in [0.15, 0.2) is 0 Å². The summed E-state index contributed by atoms with van der Waals surface area (Å²) in [5.41, 5.74) is 6.09. The Labute approximate surface area is 119 Å². The van der Waals surface area contributed by atoms with Crippen molar-refractivity contribution in [3.63, 3.8) is 0 Å². The fourth-order valence-corrected chi connectivity index (χ4v) is 2.29. The van der Waals surface area contributed by atoms with E-state index in [1.807, 2.05) is 0 Å². The van der Waals surface area contributed by atoms with Crippen LogP contribution in [0.3, 0.4) is 0 Å². The average Bonchev–Trinajstić information content (AvgIpc) is 2.48. The Morgan fingerprint density at radius 2 is 1.60 bits per heavy atom. The summed E-state index contributed by atoms with van der Waals surface area (Å²) in [4.78, 5) is 9.22. The fraction of sp³-hybridized carbons (Fsp3) is 0.0667. The van der Waals surface area contributed by atoms with Crippen molar-refractivity contribution >= 4 is 13.3 Å². The summed E-state index contributed by atoms with van der Waals surface area (Å²) in [5, 5.41) is 10.1. The molecule has 4 nitrogen and oxygen atoms in total. The maximum absolute atomic E-state index is 11.2. The highest BCUT2D eigenvalue weighted by molar-refractivity contribution is 7.47. The van der Waals surface area contributed by atoms with Crippen molar-refractivity contribution in [1.29, 1.82) is 0 Å². The lowest BCUT2D eigenvalue weighted by atomic mass is 10.0. The lowest BCUT2D eigenvalue weighted by Gasteiger charge is -2.08. The highest BCUT2D eigenvalue weighted by Gasteiger charge is 2.10. The van der Waals surface area contributed by atoms with E-state index in [9.17, 15) is 14.6 Å². The van der Waals surface area contributed by atoms with Gasteiger partial charge in [-0.15, -0.1) is 6.58 Å². The summed E-state index contributed by atoms with van der Waals surface area (Å²) < 4.78 is 11.2. The first kappa shape index (κ1) is 16.2. The number of aromatic hydroxyl groups is 1. The minimum atomic E-state index is -2.77. The zero-order chi connectivity index (χ0) is 15.0. The van der Waals surface area contributed by atoms with Crippen molar-refractivity contribution in [1.82, 2.24) is 0 Å². The van der Waals surface area contributed by atoms with Crippen molar-refractivity contribution in [2.75, 3.05) is 6.54 Å². The van der Waals surface area contributed by atoms with Crippen LogP contribution >= 0.6 is 8.03 Å². The van der Waals surface area contributed by atoms with Crippen LogP contribution in [0.1, 0.15) is 0 Å². The molecule has 0 saturated carbocycles. The third-order valence-corrected chi connectivity index (χ3v) is 3.42. The van der Waals surface area contributed by atoms with Gasteiger partial charge in [0.2, 0.25) is 8.03 Å². The van der Waals surface area contributed by atoms with Gasteiger partial charge in [-0.05, 0) is 17.7 Å². The van der Waals surface area contributed by atoms with Gasteiger partial charge in [-0.2, -0.15) is 0 Å². The van der Waals surface area contributed by atoms with Crippen molar-refractivity contribution in [3.05, 3.63) is 61.2 Å². The summed E-state index contributed by atoms with van der Waals surface area (Å²) in [6.45, 7) is 3.94. The second-order valence-electron chi connectivity index (χ2n) is 3.89. The van der Waals surface area contributed by atoms with Crippen LogP contribution in [-0.2, 0) is 4.57 Å². The zero-order valence-electron chi connectivity index (χ0n) is 11.0. The Morgan fingerprint density at radius 1 is 1.10 bits per heavy atom. The van der Waals surface area contributed by atoms with E-state index < -0.39 is 8.03 Å². The topological polar surface area (TPSA) is 83.6 Å². The van der Waals surface area contributed by atoms with Crippen LogP contribution in [-0.4, -0.2) is 16.5 Å².